The smallest absolute Gasteiger partial charge is 0.223 e. The lowest BCUT2D eigenvalue weighted by molar-refractivity contribution is 0.244. The van der Waals surface area contributed by atoms with Crippen molar-refractivity contribution < 1.29 is 5.11 Å². The fourth-order valence-corrected chi connectivity index (χ4v) is 3.52. The average molecular weight is 319 g/mol. The molecule has 1 aliphatic carbocycles. The molecule has 3 N–H and O–H groups in total. The second kappa shape index (κ2) is 6.26. The summed E-state index contributed by atoms with van der Waals surface area (Å²) in [6.45, 7) is 4.52. The highest BCUT2D eigenvalue weighted by Crippen LogP contribution is 2.32. The van der Waals surface area contributed by atoms with Crippen LogP contribution in [0, 0.1) is 11.8 Å². The number of nitrogen functional groups attached to an aromatic ring is 1. The summed E-state index contributed by atoms with van der Waals surface area (Å²) in [4.78, 5) is 13.2. The minimum atomic E-state index is 0.166. The Hall–Kier alpha value is -1.60. The van der Waals surface area contributed by atoms with Crippen molar-refractivity contribution in [2.75, 3.05) is 18.1 Å². The highest BCUT2D eigenvalue weighted by atomic mass is 32.2. The summed E-state index contributed by atoms with van der Waals surface area (Å²) in [5.74, 6) is 2.02. The second-order valence-electron chi connectivity index (χ2n) is 6.05. The Morgan fingerprint density at radius 1 is 1.41 bits per heavy atom. The van der Waals surface area contributed by atoms with Crippen LogP contribution >= 0.6 is 11.8 Å². The van der Waals surface area contributed by atoms with E-state index < -0.39 is 0 Å². The topological polar surface area (TPSA) is 89.9 Å². The van der Waals surface area contributed by atoms with Crippen molar-refractivity contribution >= 4 is 28.9 Å². The van der Waals surface area contributed by atoms with E-state index in [1.165, 1.54) is 0 Å². The molecule has 2 aromatic rings. The van der Waals surface area contributed by atoms with Crippen LogP contribution in [0.3, 0.4) is 0 Å². The molecule has 0 saturated carbocycles. The van der Waals surface area contributed by atoms with Crippen LogP contribution in [0.1, 0.15) is 26.3 Å². The van der Waals surface area contributed by atoms with Gasteiger partial charge in [-0.1, -0.05) is 26.0 Å². The second-order valence-corrected chi connectivity index (χ2v) is 7.06. The maximum atomic E-state index is 9.28. The summed E-state index contributed by atoms with van der Waals surface area (Å²) >= 11 is 1.67. The number of thioether (sulfide) groups is 1. The lowest BCUT2D eigenvalue weighted by Gasteiger charge is -2.13. The zero-order chi connectivity index (χ0) is 15.7. The zero-order valence-electron chi connectivity index (χ0n) is 12.8. The summed E-state index contributed by atoms with van der Waals surface area (Å²) in [6.07, 6.45) is 6.81. The van der Waals surface area contributed by atoms with Crippen LogP contribution in [-0.4, -0.2) is 37.0 Å². The number of nitrogens with two attached hydrogens (primary N) is 1. The molecular weight excluding hydrogens is 298 g/mol. The van der Waals surface area contributed by atoms with E-state index in [1.807, 2.05) is 4.57 Å². The molecule has 6 nitrogen and oxygen atoms in total. The van der Waals surface area contributed by atoms with Crippen molar-refractivity contribution in [3.05, 3.63) is 18.5 Å². The highest BCUT2D eigenvalue weighted by molar-refractivity contribution is 7.99. The zero-order valence-corrected chi connectivity index (χ0v) is 13.6. The number of rotatable bonds is 5. The van der Waals surface area contributed by atoms with Gasteiger partial charge in [0.2, 0.25) is 5.95 Å². The molecule has 0 aromatic carbocycles. The van der Waals surface area contributed by atoms with Gasteiger partial charge >= 0.3 is 0 Å². The number of nitrogens with zero attached hydrogens (tertiary/aromatic N) is 4. The Balaban J connectivity index is 1.95. The first-order valence-electron chi connectivity index (χ1n) is 7.50. The van der Waals surface area contributed by atoms with Gasteiger partial charge in [-0.05, 0) is 12.3 Å². The third-order valence-electron chi connectivity index (χ3n) is 3.70. The summed E-state index contributed by atoms with van der Waals surface area (Å²) in [5, 5.41) is 10.1. The summed E-state index contributed by atoms with van der Waals surface area (Å²) in [5.41, 5.74) is 7.45. The molecule has 2 heterocycles. The number of imidazole rings is 1. The van der Waals surface area contributed by atoms with Crippen LogP contribution in [0.4, 0.5) is 5.95 Å². The molecule has 0 amide bonds. The molecular formula is C15H21N5OS. The van der Waals surface area contributed by atoms with Gasteiger partial charge < -0.3 is 15.4 Å². The maximum absolute atomic E-state index is 9.28. The van der Waals surface area contributed by atoms with Crippen LogP contribution < -0.4 is 5.73 Å². The van der Waals surface area contributed by atoms with Gasteiger partial charge in [0, 0.05) is 18.3 Å². The van der Waals surface area contributed by atoms with E-state index in [0.29, 0.717) is 5.92 Å². The molecule has 0 radical (unpaired) electrons. The Labute approximate surface area is 133 Å². The average Bonchev–Trinajstić information content (AvgIpc) is 3.10. The van der Waals surface area contributed by atoms with Crippen molar-refractivity contribution in [1.82, 2.24) is 19.5 Å². The van der Waals surface area contributed by atoms with Crippen LogP contribution in [-0.2, 0) is 0 Å². The van der Waals surface area contributed by atoms with E-state index in [-0.39, 0.29) is 24.5 Å². The number of aromatic nitrogens is 4. The SMILES string of the molecule is CC(C)CSc1nc(N)nc2c1ncn2C1C=CC(CO)C1. The number of hydrogen-bond acceptors (Lipinski definition) is 6. The maximum Gasteiger partial charge on any atom is 0.223 e. The minimum Gasteiger partial charge on any atom is -0.396 e. The van der Waals surface area contributed by atoms with Gasteiger partial charge in [0.15, 0.2) is 5.65 Å². The van der Waals surface area contributed by atoms with Gasteiger partial charge in [0.25, 0.3) is 0 Å². The molecule has 118 valence electrons. The molecule has 0 bridgehead atoms. The summed E-state index contributed by atoms with van der Waals surface area (Å²) < 4.78 is 2.03. The van der Waals surface area contributed by atoms with Crippen LogP contribution in [0.25, 0.3) is 11.2 Å². The number of aliphatic hydroxyl groups is 1. The molecule has 22 heavy (non-hydrogen) atoms. The number of anilines is 1. The van der Waals surface area contributed by atoms with Crippen LogP contribution in [0.15, 0.2) is 23.5 Å². The van der Waals surface area contributed by atoms with Crippen LogP contribution in [0.5, 0.6) is 0 Å². The molecule has 2 aromatic heterocycles. The molecule has 2 atom stereocenters. The minimum absolute atomic E-state index is 0.166. The van der Waals surface area contributed by atoms with E-state index in [9.17, 15) is 5.11 Å². The first-order chi connectivity index (χ1) is 10.6. The largest absolute Gasteiger partial charge is 0.396 e. The monoisotopic (exact) mass is 319 g/mol. The van der Waals surface area contributed by atoms with Gasteiger partial charge in [-0.2, -0.15) is 4.98 Å². The number of aliphatic hydroxyl groups excluding tert-OH is 1. The van der Waals surface area contributed by atoms with Gasteiger partial charge in [-0.15, -0.1) is 11.8 Å². The van der Waals surface area contributed by atoms with Crippen molar-refractivity contribution in [1.29, 1.82) is 0 Å². The molecule has 0 aliphatic heterocycles. The Morgan fingerprint density at radius 2 is 2.23 bits per heavy atom. The fourth-order valence-electron chi connectivity index (χ4n) is 2.59. The van der Waals surface area contributed by atoms with Crippen LogP contribution in [0.2, 0.25) is 0 Å². The first kappa shape index (κ1) is 15.3. The molecule has 2 unspecified atom stereocenters. The number of hydrogen-bond donors (Lipinski definition) is 2. The van der Waals surface area contributed by atoms with Crippen molar-refractivity contribution in [3.63, 3.8) is 0 Å². The van der Waals surface area contributed by atoms with E-state index in [4.69, 9.17) is 5.73 Å². The molecule has 7 heteroatoms. The van der Waals surface area contributed by atoms with E-state index in [1.54, 1.807) is 18.1 Å². The standard InChI is InChI=1S/C15H21N5OS/c1-9(2)7-22-14-12-13(18-15(16)19-14)20(8-17-12)11-4-3-10(5-11)6-21/h3-4,8-11,21H,5-7H2,1-2H3,(H2,16,18,19). The van der Waals surface area contributed by atoms with Crippen molar-refractivity contribution in [2.45, 2.75) is 31.3 Å². The molecule has 1 aliphatic rings. The predicted octanol–water partition coefficient (Wildman–Crippen LogP) is 2.27. The van der Waals surface area contributed by atoms with Crippen molar-refractivity contribution in [2.24, 2.45) is 11.8 Å². The molecule has 0 saturated heterocycles. The van der Waals surface area contributed by atoms with Gasteiger partial charge in [0.05, 0.1) is 12.4 Å². The Kier molecular flexibility index (Phi) is 4.35. The summed E-state index contributed by atoms with van der Waals surface area (Å²) in [7, 11) is 0. The molecule has 0 fully saturated rings. The third kappa shape index (κ3) is 2.96. The normalized spacial score (nSPS) is 21.3. The number of fused-ring (bicyclic) bond motifs is 1. The Morgan fingerprint density at radius 3 is 2.91 bits per heavy atom. The van der Waals surface area contributed by atoms with Crippen molar-refractivity contribution in [3.8, 4) is 0 Å². The lowest BCUT2D eigenvalue weighted by Crippen LogP contribution is -2.08. The quantitative estimate of drug-likeness (QED) is 0.499. The highest BCUT2D eigenvalue weighted by Gasteiger charge is 2.23. The number of allylic oxidation sites excluding steroid dienone is 1. The third-order valence-corrected chi connectivity index (χ3v) is 5.09. The molecule has 0 spiro atoms. The van der Waals surface area contributed by atoms with E-state index in [2.05, 4.69) is 41.0 Å². The summed E-state index contributed by atoms with van der Waals surface area (Å²) in [6, 6.07) is 0.166. The van der Waals surface area contributed by atoms with Gasteiger partial charge in [0.1, 0.15) is 10.5 Å². The van der Waals surface area contributed by atoms with Gasteiger partial charge in [-0.3, -0.25) is 0 Å². The fraction of sp³-hybridized carbons (Fsp3) is 0.533. The van der Waals surface area contributed by atoms with E-state index in [0.717, 1.165) is 28.4 Å². The Bertz CT molecular complexity index is 697. The first-order valence-corrected chi connectivity index (χ1v) is 8.49. The van der Waals surface area contributed by atoms with E-state index >= 15 is 0 Å². The molecule has 3 rings (SSSR count). The lowest BCUT2D eigenvalue weighted by atomic mass is 10.1. The van der Waals surface area contributed by atoms with Gasteiger partial charge in [-0.25, -0.2) is 9.97 Å². The predicted molar refractivity (Wildman–Crippen MR) is 88.7 cm³/mol.